The molecular formula is C16H20N2. The Morgan fingerprint density at radius 1 is 0.944 bits per heavy atom. The van der Waals surface area contributed by atoms with Gasteiger partial charge in [-0.3, -0.25) is 4.98 Å². The first-order valence-corrected chi connectivity index (χ1v) is 6.40. The summed E-state index contributed by atoms with van der Waals surface area (Å²) in [5.74, 6) is 0. The van der Waals surface area contributed by atoms with Gasteiger partial charge in [0.05, 0.1) is 5.69 Å². The highest BCUT2D eigenvalue weighted by molar-refractivity contribution is 5.24. The Bertz CT molecular complexity index is 476. The number of hydrogen-bond donors (Lipinski definition) is 1. The number of aryl methyl sites for hydroxylation is 1. The van der Waals surface area contributed by atoms with Crippen molar-refractivity contribution in [3.05, 3.63) is 65.5 Å². The zero-order chi connectivity index (χ0) is 13.0. The maximum absolute atomic E-state index is 4.38. The summed E-state index contributed by atoms with van der Waals surface area (Å²) in [7, 11) is 0. The van der Waals surface area contributed by atoms with Crippen LogP contribution in [0.15, 0.2) is 48.7 Å². The molecule has 2 nitrogen and oxygen atoms in total. The molecule has 0 bridgehead atoms. The highest BCUT2D eigenvalue weighted by Crippen LogP contribution is 2.18. The fraction of sp³-hybridized carbons (Fsp3) is 0.312. The molecule has 94 valence electrons. The van der Waals surface area contributed by atoms with E-state index < -0.39 is 0 Å². The molecule has 2 atom stereocenters. The lowest BCUT2D eigenvalue weighted by molar-refractivity contribution is 0.486. The molecule has 0 fully saturated rings. The molecular weight excluding hydrogens is 220 g/mol. The Morgan fingerprint density at radius 3 is 2.28 bits per heavy atom. The fourth-order valence-corrected chi connectivity index (χ4v) is 2.04. The second kappa shape index (κ2) is 5.78. The third kappa shape index (κ3) is 3.17. The molecule has 0 amide bonds. The van der Waals surface area contributed by atoms with E-state index >= 15 is 0 Å². The van der Waals surface area contributed by atoms with Gasteiger partial charge in [-0.15, -0.1) is 0 Å². The molecule has 1 heterocycles. The van der Waals surface area contributed by atoms with Crippen LogP contribution in [0.25, 0.3) is 0 Å². The number of aromatic nitrogens is 1. The van der Waals surface area contributed by atoms with E-state index in [1.807, 2.05) is 18.3 Å². The third-order valence-corrected chi connectivity index (χ3v) is 3.21. The van der Waals surface area contributed by atoms with Crippen LogP contribution in [0.5, 0.6) is 0 Å². The topological polar surface area (TPSA) is 24.9 Å². The van der Waals surface area contributed by atoms with Crippen LogP contribution in [-0.2, 0) is 0 Å². The smallest absolute Gasteiger partial charge is 0.0570 e. The van der Waals surface area contributed by atoms with Crippen molar-refractivity contribution in [3.63, 3.8) is 0 Å². The van der Waals surface area contributed by atoms with Gasteiger partial charge in [-0.25, -0.2) is 0 Å². The van der Waals surface area contributed by atoms with E-state index in [0.717, 1.165) is 5.69 Å². The Morgan fingerprint density at radius 2 is 1.67 bits per heavy atom. The summed E-state index contributed by atoms with van der Waals surface area (Å²) in [6.45, 7) is 6.44. The summed E-state index contributed by atoms with van der Waals surface area (Å²) < 4.78 is 0. The van der Waals surface area contributed by atoms with Crippen molar-refractivity contribution in [2.45, 2.75) is 32.9 Å². The highest BCUT2D eigenvalue weighted by Gasteiger charge is 2.11. The van der Waals surface area contributed by atoms with Crippen LogP contribution in [0, 0.1) is 6.92 Å². The quantitative estimate of drug-likeness (QED) is 0.879. The normalized spacial score (nSPS) is 14.2. The maximum Gasteiger partial charge on any atom is 0.0570 e. The average Bonchev–Trinajstić information content (AvgIpc) is 2.40. The van der Waals surface area contributed by atoms with E-state index in [1.54, 1.807) is 0 Å². The van der Waals surface area contributed by atoms with Crippen molar-refractivity contribution >= 4 is 0 Å². The van der Waals surface area contributed by atoms with Gasteiger partial charge in [-0.05, 0) is 38.5 Å². The van der Waals surface area contributed by atoms with Crippen LogP contribution in [0.4, 0.5) is 0 Å². The Labute approximate surface area is 109 Å². The first-order valence-electron chi connectivity index (χ1n) is 6.40. The van der Waals surface area contributed by atoms with Gasteiger partial charge in [-0.2, -0.15) is 0 Å². The van der Waals surface area contributed by atoms with Crippen molar-refractivity contribution in [1.82, 2.24) is 10.3 Å². The van der Waals surface area contributed by atoms with Crippen LogP contribution < -0.4 is 5.32 Å². The highest BCUT2D eigenvalue weighted by atomic mass is 15.0. The van der Waals surface area contributed by atoms with E-state index in [4.69, 9.17) is 0 Å². The van der Waals surface area contributed by atoms with Gasteiger partial charge in [0.1, 0.15) is 0 Å². The van der Waals surface area contributed by atoms with E-state index in [1.165, 1.54) is 11.1 Å². The summed E-state index contributed by atoms with van der Waals surface area (Å²) in [6, 6.07) is 15.3. The summed E-state index contributed by atoms with van der Waals surface area (Å²) in [5.41, 5.74) is 3.68. The lowest BCUT2D eigenvalue weighted by Crippen LogP contribution is -2.23. The minimum atomic E-state index is 0.252. The van der Waals surface area contributed by atoms with Crippen molar-refractivity contribution in [3.8, 4) is 0 Å². The lowest BCUT2D eigenvalue weighted by atomic mass is 10.1. The van der Waals surface area contributed by atoms with Gasteiger partial charge in [0.2, 0.25) is 0 Å². The number of benzene rings is 1. The molecule has 1 unspecified atom stereocenters. The Balaban J connectivity index is 2.03. The monoisotopic (exact) mass is 240 g/mol. The van der Waals surface area contributed by atoms with Crippen LogP contribution in [0.1, 0.15) is 42.8 Å². The van der Waals surface area contributed by atoms with Crippen LogP contribution in [0.2, 0.25) is 0 Å². The Hall–Kier alpha value is -1.67. The van der Waals surface area contributed by atoms with E-state index in [-0.39, 0.29) is 6.04 Å². The van der Waals surface area contributed by atoms with Crippen LogP contribution in [0.3, 0.4) is 0 Å². The largest absolute Gasteiger partial charge is 0.302 e. The molecule has 0 aliphatic rings. The molecule has 0 aliphatic heterocycles. The molecule has 0 radical (unpaired) electrons. The first kappa shape index (κ1) is 12.8. The third-order valence-electron chi connectivity index (χ3n) is 3.21. The molecule has 0 saturated heterocycles. The predicted molar refractivity (Wildman–Crippen MR) is 75.4 cm³/mol. The molecule has 0 spiro atoms. The van der Waals surface area contributed by atoms with Gasteiger partial charge in [0, 0.05) is 18.3 Å². The summed E-state index contributed by atoms with van der Waals surface area (Å²) >= 11 is 0. The molecule has 2 aromatic rings. The number of hydrogen-bond acceptors (Lipinski definition) is 2. The molecule has 1 aromatic heterocycles. The van der Waals surface area contributed by atoms with Crippen molar-refractivity contribution in [2.24, 2.45) is 0 Å². The van der Waals surface area contributed by atoms with E-state index in [2.05, 4.69) is 61.4 Å². The minimum absolute atomic E-state index is 0.252. The van der Waals surface area contributed by atoms with E-state index in [9.17, 15) is 0 Å². The molecule has 1 N–H and O–H groups in total. The molecule has 18 heavy (non-hydrogen) atoms. The van der Waals surface area contributed by atoms with Gasteiger partial charge >= 0.3 is 0 Å². The molecule has 0 saturated carbocycles. The molecule has 1 aromatic carbocycles. The standard InChI is InChI=1S/C16H20N2/c1-12-7-9-15(10-8-12)13(2)18-14(3)16-6-4-5-11-17-16/h4-11,13-14,18H,1-3H3/t13?,14-/m0/s1. The predicted octanol–water partition coefficient (Wildman–Crippen LogP) is 3.80. The summed E-state index contributed by atoms with van der Waals surface area (Å²) in [4.78, 5) is 4.38. The SMILES string of the molecule is Cc1ccc(C(C)N[C@@H](C)c2ccccn2)cc1. The summed E-state index contributed by atoms with van der Waals surface area (Å²) in [6.07, 6.45) is 1.84. The second-order valence-electron chi connectivity index (χ2n) is 4.78. The average molecular weight is 240 g/mol. The zero-order valence-electron chi connectivity index (χ0n) is 11.2. The minimum Gasteiger partial charge on any atom is -0.302 e. The van der Waals surface area contributed by atoms with Crippen molar-refractivity contribution in [2.75, 3.05) is 0 Å². The number of nitrogens with zero attached hydrogens (tertiary/aromatic N) is 1. The Kier molecular flexibility index (Phi) is 4.11. The van der Waals surface area contributed by atoms with Gasteiger partial charge in [0.25, 0.3) is 0 Å². The van der Waals surface area contributed by atoms with Crippen molar-refractivity contribution in [1.29, 1.82) is 0 Å². The number of nitrogens with one attached hydrogen (secondary N) is 1. The molecule has 2 heteroatoms. The van der Waals surface area contributed by atoms with Crippen LogP contribution in [-0.4, -0.2) is 4.98 Å². The zero-order valence-corrected chi connectivity index (χ0v) is 11.2. The number of pyridine rings is 1. The lowest BCUT2D eigenvalue weighted by Gasteiger charge is -2.20. The number of rotatable bonds is 4. The van der Waals surface area contributed by atoms with Gasteiger partial charge < -0.3 is 5.32 Å². The van der Waals surface area contributed by atoms with Gasteiger partial charge in [0.15, 0.2) is 0 Å². The van der Waals surface area contributed by atoms with Gasteiger partial charge in [-0.1, -0.05) is 35.9 Å². The molecule has 2 rings (SSSR count). The second-order valence-corrected chi connectivity index (χ2v) is 4.78. The van der Waals surface area contributed by atoms with Crippen molar-refractivity contribution < 1.29 is 0 Å². The fourth-order valence-electron chi connectivity index (χ4n) is 2.04. The molecule has 0 aliphatic carbocycles. The van der Waals surface area contributed by atoms with E-state index in [0.29, 0.717) is 6.04 Å². The summed E-state index contributed by atoms with van der Waals surface area (Å²) in [5, 5.41) is 3.57. The van der Waals surface area contributed by atoms with Crippen LogP contribution >= 0.6 is 0 Å². The first-order chi connectivity index (χ1) is 8.66. The maximum atomic E-state index is 4.38.